The van der Waals surface area contributed by atoms with Crippen LogP contribution in [0.3, 0.4) is 0 Å². The van der Waals surface area contributed by atoms with Crippen molar-refractivity contribution in [1.29, 1.82) is 0 Å². The van der Waals surface area contributed by atoms with E-state index in [2.05, 4.69) is 24.1 Å². The monoisotopic (exact) mass is 309 g/mol. The Morgan fingerprint density at radius 2 is 2.20 bits per heavy atom. The van der Waals surface area contributed by atoms with Crippen molar-refractivity contribution in [3.63, 3.8) is 0 Å². The van der Waals surface area contributed by atoms with E-state index < -0.39 is 0 Å². The minimum absolute atomic E-state index is 0.00986. The Labute approximate surface area is 127 Å². The normalized spacial score (nSPS) is 11.8. The summed E-state index contributed by atoms with van der Waals surface area (Å²) in [5.74, 6) is -0.120. The maximum absolute atomic E-state index is 12.3. The molecular weight excluding hydrogens is 290 g/mol. The van der Waals surface area contributed by atoms with E-state index in [1.807, 2.05) is 25.3 Å². The number of nitrogens with zero attached hydrogens (tertiary/aromatic N) is 1. The molecule has 2 aromatic heterocycles. The zero-order valence-electron chi connectivity index (χ0n) is 12.1. The molecule has 3 N–H and O–H groups in total. The third-order valence-corrected chi connectivity index (χ3v) is 5.53. The number of thiophene rings is 1. The third kappa shape index (κ3) is 3.07. The Balaban J connectivity index is 2.24. The van der Waals surface area contributed by atoms with Gasteiger partial charge >= 0.3 is 0 Å². The molecule has 108 valence electrons. The molecule has 0 fully saturated rings. The van der Waals surface area contributed by atoms with Crippen LogP contribution in [0, 0.1) is 6.92 Å². The van der Waals surface area contributed by atoms with Gasteiger partial charge in [0, 0.05) is 22.4 Å². The first-order chi connectivity index (χ1) is 9.34. The van der Waals surface area contributed by atoms with E-state index in [0.717, 1.165) is 15.9 Å². The number of rotatable bonds is 4. The Morgan fingerprint density at radius 3 is 2.85 bits per heavy atom. The fourth-order valence-corrected chi connectivity index (χ4v) is 2.98. The lowest BCUT2D eigenvalue weighted by atomic mass is 10.2. The standard InChI is InChI=1S/C14H19N3OS2/c1-8-5-6-9-10(15)11(20-13(9)17-8)12(18)16-7-14(2,3)19-4/h5-6H,7,15H2,1-4H3,(H,16,18). The molecule has 0 aliphatic carbocycles. The summed E-state index contributed by atoms with van der Waals surface area (Å²) in [5, 5.41) is 3.81. The van der Waals surface area contributed by atoms with Gasteiger partial charge in [-0.25, -0.2) is 4.98 Å². The molecule has 0 aliphatic rings. The predicted molar refractivity (Wildman–Crippen MR) is 88.7 cm³/mol. The van der Waals surface area contributed by atoms with Gasteiger partial charge in [-0.3, -0.25) is 4.79 Å². The highest BCUT2D eigenvalue weighted by Crippen LogP contribution is 2.32. The number of nitrogens with two attached hydrogens (primary N) is 1. The van der Waals surface area contributed by atoms with Crippen LogP contribution in [-0.2, 0) is 0 Å². The molecule has 0 aromatic carbocycles. The zero-order valence-corrected chi connectivity index (χ0v) is 13.7. The van der Waals surface area contributed by atoms with Crippen molar-refractivity contribution in [2.24, 2.45) is 0 Å². The average Bonchev–Trinajstić information content (AvgIpc) is 2.73. The molecule has 20 heavy (non-hydrogen) atoms. The molecule has 6 heteroatoms. The molecule has 2 rings (SSSR count). The van der Waals surface area contributed by atoms with Gasteiger partial charge in [0.1, 0.15) is 9.71 Å². The molecule has 0 radical (unpaired) electrons. The molecule has 0 aliphatic heterocycles. The minimum atomic E-state index is -0.120. The van der Waals surface area contributed by atoms with Crippen molar-refractivity contribution in [3.8, 4) is 0 Å². The van der Waals surface area contributed by atoms with Gasteiger partial charge < -0.3 is 11.1 Å². The molecule has 2 aromatic rings. The van der Waals surface area contributed by atoms with Gasteiger partial charge in [-0.1, -0.05) is 0 Å². The van der Waals surface area contributed by atoms with Crippen LogP contribution in [0.1, 0.15) is 29.2 Å². The lowest BCUT2D eigenvalue weighted by molar-refractivity contribution is 0.0955. The van der Waals surface area contributed by atoms with Crippen LogP contribution < -0.4 is 11.1 Å². The fraction of sp³-hybridized carbons (Fsp3) is 0.429. The number of pyridine rings is 1. The Bertz CT molecular complexity index is 649. The van der Waals surface area contributed by atoms with E-state index in [4.69, 9.17) is 5.73 Å². The summed E-state index contributed by atoms with van der Waals surface area (Å²) in [6.07, 6.45) is 2.03. The van der Waals surface area contributed by atoms with E-state index in [0.29, 0.717) is 17.1 Å². The Kier molecular flexibility index (Phi) is 4.25. The number of amides is 1. The van der Waals surface area contributed by atoms with Crippen LogP contribution >= 0.6 is 23.1 Å². The second-order valence-electron chi connectivity index (χ2n) is 5.30. The lowest BCUT2D eigenvalue weighted by Crippen LogP contribution is -2.35. The first-order valence-electron chi connectivity index (χ1n) is 6.33. The van der Waals surface area contributed by atoms with E-state index in [1.165, 1.54) is 11.3 Å². The topological polar surface area (TPSA) is 68.0 Å². The summed E-state index contributed by atoms with van der Waals surface area (Å²) in [7, 11) is 0. The molecule has 0 saturated carbocycles. The number of hydrogen-bond acceptors (Lipinski definition) is 5. The third-order valence-electron chi connectivity index (χ3n) is 3.17. The number of carbonyl (C=O) groups is 1. The van der Waals surface area contributed by atoms with Crippen LogP contribution in [0.5, 0.6) is 0 Å². The quantitative estimate of drug-likeness (QED) is 0.911. The smallest absolute Gasteiger partial charge is 0.263 e. The first-order valence-corrected chi connectivity index (χ1v) is 8.37. The van der Waals surface area contributed by atoms with Gasteiger partial charge in [-0.15, -0.1) is 11.3 Å². The highest BCUT2D eigenvalue weighted by Gasteiger charge is 2.21. The second-order valence-corrected chi connectivity index (χ2v) is 7.81. The maximum atomic E-state index is 12.3. The number of thioether (sulfide) groups is 1. The molecule has 4 nitrogen and oxygen atoms in total. The van der Waals surface area contributed by atoms with Crippen molar-refractivity contribution in [3.05, 3.63) is 22.7 Å². The SMILES string of the molecule is CSC(C)(C)CNC(=O)c1sc2nc(C)ccc2c1N. The molecule has 0 saturated heterocycles. The zero-order chi connectivity index (χ0) is 14.9. The van der Waals surface area contributed by atoms with Gasteiger partial charge in [0.2, 0.25) is 0 Å². The van der Waals surface area contributed by atoms with Gasteiger partial charge in [-0.05, 0) is 39.2 Å². The summed E-state index contributed by atoms with van der Waals surface area (Å²) in [5.41, 5.74) is 7.52. The Hall–Kier alpha value is -1.27. The van der Waals surface area contributed by atoms with E-state index in [-0.39, 0.29) is 10.7 Å². The van der Waals surface area contributed by atoms with Crippen molar-refractivity contribution in [2.75, 3.05) is 18.5 Å². The minimum Gasteiger partial charge on any atom is -0.397 e. The highest BCUT2D eigenvalue weighted by atomic mass is 32.2. The van der Waals surface area contributed by atoms with Crippen molar-refractivity contribution in [2.45, 2.75) is 25.5 Å². The summed E-state index contributed by atoms with van der Waals surface area (Å²) in [4.78, 5) is 18.1. The number of aromatic nitrogens is 1. The molecule has 0 unspecified atom stereocenters. The number of aryl methyl sites for hydroxylation is 1. The molecule has 1 amide bonds. The predicted octanol–water partition coefficient (Wildman–Crippen LogP) is 3.06. The number of nitrogen functional groups attached to an aromatic ring is 1. The van der Waals surface area contributed by atoms with E-state index in [1.54, 1.807) is 11.8 Å². The number of carbonyl (C=O) groups excluding carboxylic acids is 1. The molecule has 0 atom stereocenters. The van der Waals surface area contributed by atoms with E-state index >= 15 is 0 Å². The fourth-order valence-electron chi connectivity index (χ4n) is 1.70. The average molecular weight is 309 g/mol. The van der Waals surface area contributed by atoms with Crippen molar-refractivity contribution < 1.29 is 4.79 Å². The lowest BCUT2D eigenvalue weighted by Gasteiger charge is -2.21. The summed E-state index contributed by atoms with van der Waals surface area (Å²) < 4.78 is 0.00986. The maximum Gasteiger partial charge on any atom is 0.263 e. The molecule has 2 heterocycles. The van der Waals surface area contributed by atoms with Gasteiger partial charge in [0.05, 0.1) is 5.69 Å². The number of hydrogen-bond donors (Lipinski definition) is 2. The molecule has 0 spiro atoms. The van der Waals surface area contributed by atoms with Crippen LogP contribution in [0.15, 0.2) is 12.1 Å². The molecular formula is C14H19N3OS2. The summed E-state index contributed by atoms with van der Waals surface area (Å²) >= 11 is 3.07. The summed E-state index contributed by atoms with van der Waals surface area (Å²) in [6, 6.07) is 3.83. The largest absolute Gasteiger partial charge is 0.397 e. The number of fused-ring (bicyclic) bond motifs is 1. The van der Waals surface area contributed by atoms with Crippen LogP contribution in [-0.4, -0.2) is 28.4 Å². The van der Waals surface area contributed by atoms with E-state index in [9.17, 15) is 4.79 Å². The second kappa shape index (κ2) is 5.61. The molecule has 0 bridgehead atoms. The van der Waals surface area contributed by atoms with Gasteiger partial charge in [0.25, 0.3) is 5.91 Å². The van der Waals surface area contributed by atoms with Gasteiger partial charge in [0.15, 0.2) is 0 Å². The van der Waals surface area contributed by atoms with Crippen molar-refractivity contribution in [1.82, 2.24) is 10.3 Å². The van der Waals surface area contributed by atoms with Crippen LogP contribution in [0.25, 0.3) is 10.2 Å². The van der Waals surface area contributed by atoms with Crippen LogP contribution in [0.4, 0.5) is 5.69 Å². The first kappa shape index (κ1) is 15.1. The highest BCUT2D eigenvalue weighted by molar-refractivity contribution is 7.99. The summed E-state index contributed by atoms with van der Waals surface area (Å²) in [6.45, 7) is 6.72. The van der Waals surface area contributed by atoms with Gasteiger partial charge in [-0.2, -0.15) is 11.8 Å². The number of nitrogens with one attached hydrogen (secondary N) is 1. The van der Waals surface area contributed by atoms with Crippen LogP contribution in [0.2, 0.25) is 0 Å². The Morgan fingerprint density at radius 1 is 1.50 bits per heavy atom. The van der Waals surface area contributed by atoms with Crippen molar-refractivity contribution >= 4 is 44.9 Å². The number of anilines is 1.